The second-order valence-electron chi connectivity index (χ2n) is 4.33. The minimum Gasteiger partial charge on any atom is -0.369 e. The zero-order chi connectivity index (χ0) is 13.8. The maximum atomic E-state index is 4.42. The van der Waals surface area contributed by atoms with Crippen LogP contribution in [0.5, 0.6) is 0 Å². The monoisotopic (exact) mass is 278 g/mol. The minimum absolute atomic E-state index is 0.798. The molecular formula is C12H18N6S. The van der Waals surface area contributed by atoms with Gasteiger partial charge in [-0.1, -0.05) is 11.8 Å². The van der Waals surface area contributed by atoms with Crippen molar-refractivity contribution in [3.8, 4) is 0 Å². The Balaban J connectivity index is 1.88. The maximum Gasteiger partial charge on any atom is 0.190 e. The molecule has 1 N–H and O–H groups in total. The average Bonchev–Trinajstić information content (AvgIpc) is 2.76. The van der Waals surface area contributed by atoms with Gasteiger partial charge in [-0.2, -0.15) is 0 Å². The summed E-state index contributed by atoms with van der Waals surface area (Å²) in [6.07, 6.45) is 1.71. The van der Waals surface area contributed by atoms with Crippen molar-refractivity contribution in [3.63, 3.8) is 0 Å². The molecule has 19 heavy (non-hydrogen) atoms. The maximum absolute atomic E-state index is 4.42. The van der Waals surface area contributed by atoms with Crippen molar-refractivity contribution in [1.82, 2.24) is 24.7 Å². The fourth-order valence-electron chi connectivity index (χ4n) is 1.66. The Kier molecular flexibility index (Phi) is 4.36. The highest BCUT2D eigenvalue weighted by Gasteiger charge is 2.06. The lowest BCUT2D eigenvalue weighted by molar-refractivity contribution is 0.788. The minimum atomic E-state index is 0.798. The van der Waals surface area contributed by atoms with Crippen molar-refractivity contribution in [2.45, 2.75) is 25.9 Å². The molecule has 0 radical (unpaired) electrons. The lowest BCUT2D eigenvalue weighted by Crippen LogP contribution is -2.10. The second-order valence-corrected chi connectivity index (χ2v) is 5.39. The molecule has 6 nitrogen and oxygen atoms in total. The van der Waals surface area contributed by atoms with Crippen molar-refractivity contribution in [2.75, 3.05) is 17.6 Å². The van der Waals surface area contributed by atoms with Crippen LogP contribution in [0.3, 0.4) is 0 Å². The van der Waals surface area contributed by atoms with E-state index in [0.29, 0.717) is 0 Å². The molecule has 0 saturated carbocycles. The highest BCUT2D eigenvalue weighted by atomic mass is 32.2. The molecule has 2 aromatic heterocycles. The molecule has 7 heteroatoms. The third-order valence-electron chi connectivity index (χ3n) is 2.80. The van der Waals surface area contributed by atoms with Gasteiger partial charge in [-0.3, -0.25) is 0 Å². The smallest absolute Gasteiger partial charge is 0.190 e. The Labute approximate surface area is 117 Å². The Morgan fingerprint density at radius 2 is 2.05 bits per heavy atom. The predicted octanol–water partition coefficient (Wildman–Crippen LogP) is 1.73. The van der Waals surface area contributed by atoms with Crippen molar-refractivity contribution < 1.29 is 0 Å². The second kappa shape index (κ2) is 6.01. The van der Waals surface area contributed by atoms with Crippen molar-refractivity contribution in [2.24, 2.45) is 7.05 Å². The molecule has 0 amide bonds. The zero-order valence-corrected chi connectivity index (χ0v) is 12.5. The molecule has 0 atom stereocenters. The Morgan fingerprint density at radius 3 is 2.74 bits per heavy atom. The number of aromatic nitrogens is 5. The Hall–Kier alpha value is -1.63. The summed E-state index contributed by atoms with van der Waals surface area (Å²) in [6.45, 7) is 6.77. The molecule has 0 aliphatic rings. The number of rotatable bonds is 5. The Bertz CT molecular complexity index is 565. The molecule has 0 unspecified atom stereocenters. The van der Waals surface area contributed by atoms with E-state index in [9.17, 15) is 0 Å². The van der Waals surface area contributed by atoms with E-state index < -0.39 is 0 Å². The molecule has 0 fully saturated rings. The topological polar surface area (TPSA) is 68.5 Å². The number of thioether (sulfide) groups is 1. The Morgan fingerprint density at radius 1 is 1.26 bits per heavy atom. The first-order chi connectivity index (χ1) is 9.08. The van der Waals surface area contributed by atoms with Crippen LogP contribution in [0.15, 0.2) is 11.5 Å². The van der Waals surface area contributed by atoms with Gasteiger partial charge >= 0.3 is 0 Å². The fraction of sp³-hybridized carbons (Fsp3) is 0.500. The first-order valence-electron chi connectivity index (χ1n) is 6.10. The van der Waals surface area contributed by atoms with E-state index in [1.54, 1.807) is 18.1 Å². The fourth-order valence-corrected chi connectivity index (χ4v) is 2.40. The summed E-state index contributed by atoms with van der Waals surface area (Å²) in [5, 5.41) is 12.1. The van der Waals surface area contributed by atoms with Crippen LogP contribution in [0.4, 0.5) is 5.82 Å². The van der Waals surface area contributed by atoms with E-state index >= 15 is 0 Å². The average molecular weight is 278 g/mol. The first-order valence-corrected chi connectivity index (χ1v) is 7.09. The summed E-state index contributed by atoms with van der Waals surface area (Å²) in [5.74, 6) is 2.63. The molecule has 2 heterocycles. The molecule has 0 aliphatic carbocycles. The van der Waals surface area contributed by atoms with Crippen molar-refractivity contribution in [1.29, 1.82) is 0 Å². The summed E-state index contributed by atoms with van der Waals surface area (Å²) < 4.78 is 1.91. The molecule has 0 aromatic carbocycles. The highest BCUT2D eigenvalue weighted by Crippen LogP contribution is 2.16. The molecule has 102 valence electrons. The summed E-state index contributed by atoms with van der Waals surface area (Å²) in [6, 6.07) is 0. The number of hydrogen-bond donors (Lipinski definition) is 1. The summed E-state index contributed by atoms with van der Waals surface area (Å²) in [7, 11) is 1.94. The van der Waals surface area contributed by atoms with E-state index in [0.717, 1.165) is 40.4 Å². The van der Waals surface area contributed by atoms with Gasteiger partial charge in [0.25, 0.3) is 0 Å². The van der Waals surface area contributed by atoms with E-state index in [1.165, 1.54) is 0 Å². The third kappa shape index (κ3) is 3.44. The zero-order valence-electron chi connectivity index (χ0n) is 11.6. The molecule has 0 spiro atoms. The number of aryl methyl sites for hydroxylation is 3. The lowest BCUT2D eigenvalue weighted by Gasteiger charge is -2.10. The van der Waals surface area contributed by atoms with Gasteiger partial charge in [0.2, 0.25) is 0 Å². The van der Waals surface area contributed by atoms with Gasteiger partial charge in [0.15, 0.2) is 5.16 Å². The summed E-state index contributed by atoms with van der Waals surface area (Å²) in [4.78, 5) is 8.76. The van der Waals surface area contributed by atoms with Crippen LogP contribution in [0.25, 0.3) is 0 Å². The number of nitrogens with zero attached hydrogens (tertiary/aromatic N) is 5. The number of anilines is 1. The largest absolute Gasteiger partial charge is 0.369 e. The van der Waals surface area contributed by atoms with Gasteiger partial charge in [-0.05, 0) is 20.8 Å². The molecule has 0 bridgehead atoms. The first kappa shape index (κ1) is 13.8. The summed E-state index contributed by atoms with van der Waals surface area (Å²) >= 11 is 1.67. The van der Waals surface area contributed by atoms with Crippen LogP contribution < -0.4 is 5.32 Å². The van der Waals surface area contributed by atoms with Gasteiger partial charge in [-0.15, -0.1) is 10.2 Å². The van der Waals surface area contributed by atoms with E-state index in [1.807, 2.05) is 32.4 Å². The van der Waals surface area contributed by atoms with Crippen LogP contribution in [-0.4, -0.2) is 37.0 Å². The molecule has 2 rings (SSSR count). The number of hydrogen-bond acceptors (Lipinski definition) is 6. The molecular weight excluding hydrogens is 260 g/mol. The van der Waals surface area contributed by atoms with Crippen LogP contribution in [-0.2, 0) is 7.05 Å². The normalized spacial score (nSPS) is 10.7. The van der Waals surface area contributed by atoms with Crippen molar-refractivity contribution in [3.05, 3.63) is 23.4 Å². The highest BCUT2D eigenvalue weighted by molar-refractivity contribution is 7.99. The van der Waals surface area contributed by atoms with Gasteiger partial charge in [0, 0.05) is 30.6 Å². The van der Waals surface area contributed by atoms with Gasteiger partial charge in [0.05, 0.1) is 0 Å². The van der Waals surface area contributed by atoms with E-state index in [4.69, 9.17) is 0 Å². The van der Waals surface area contributed by atoms with Gasteiger partial charge in [0.1, 0.15) is 18.0 Å². The quantitative estimate of drug-likeness (QED) is 0.663. The predicted molar refractivity (Wildman–Crippen MR) is 76.5 cm³/mol. The number of nitrogens with one attached hydrogen (secondary N) is 1. The summed E-state index contributed by atoms with van der Waals surface area (Å²) in [5.41, 5.74) is 2.13. The van der Waals surface area contributed by atoms with E-state index in [2.05, 4.69) is 25.5 Å². The van der Waals surface area contributed by atoms with Gasteiger partial charge < -0.3 is 9.88 Å². The van der Waals surface area contributed by atoms with Crippen molar-refractivity contribution >= 4 is 17.6 Å². The van der Waals surface area contributed by atoms with Crippen LogP contribution in [0, 0.1) is 20.8 Å². The van der Waals surface area contributed by atoms with E-state index in [-0.39, 0.29) is 0 Å². The molecule has 0 aliphatic heterocycles. The van der Waals surface area contributed by atoms with Crippen LogP contribution in [0.2, 0.25) is 0 Å². The molecule has 2 aromatic rings. The third-order valence-corrected chi connectivity index (χ3v) is 3.83. The van der Waals surface area contributed by atoms with Crippen LogP contribution >= 0.6 is 11.8 Å². The van der Waals surface area contributed by atoms with Crippen LogP contribution in [0.1, 0.15) is 17.1 Å². The van der Waals surface area contributed by atoms with Gasteiger partial charge in [-0.25, -0.2) is 9.97 Å². The SMILES string of the molecule is Cc1nc(C)c(C)c(NCCSc2nncn2C)n1. The standard InChI is InChI=1S/C12H18N6S/c1-8-9(2)15-10(3)16-11(8)13-5-6-19-12-17-14-7-18(12)4/h7H,5-6H2,1-4H3,(H,13,15,16). The lowest BCUT2D eigenvalue weighted by atomic mass is 10.2. The molecule has 0 saturated heterocycles.